The highest BCUT2D eigenvalue weighted by molar-refractivity contribution is 5.99. The molecule has 3 aromatic carbocycles. The van der Waals surface area contributed by atoms with Gasteiger partial charge in [-0.1, -0.05) is 48.0 Å². The zero-order chi connectivity index (χ0) is 21.1. The van der Waals surface area contributed by atoms with Crippen LogP contribution < -0.4 is 10.1 Å². The van der Waals surface area contributed by atoms with Gasteiger partial charge in [0.25, 0.3) is 5.91 Å². The van der Waals surface area contributed by atoms with Gasteiger partial charge in [0.05, 0.1) is 19.6 Å². The van der Waals surface area contributed by atoms with Gasteiger partial charge in [-0.25, -0.2) is 0 Å². The Balaban J connectivity index is 1.59. The monoisotopic (exact) mass is 400 g/mol. The first-order valence-corrected chi connectivity index (χ1v) is 9.94. The molecule has 1 N–H and O–H groups in total. The second kappa shape index (κ2) is 8.41. The molecule has 0 fully saturated rings. The third-order valence-corrected chi connectivity index (χ3v) is 5.44. The summed E-state index contributed by atoms with van der Waals surface area (Å²) in [6.45, 7) is 2.49. The summed E-state index contributed by atoms with van der Waals surface area (Å²) < 4.78 is 5.26. The molecule has 3 aromatic rings. The number of rotatable bonds is 6. The van der Waals surface area contributed by atoms with E-state index in [1.165, 1.54) is 0 Å². The van der Waals surface area contributed by atoms with Crippen LogP contribution in [0, 0.1) is 6.92 Å². The minimum Gasteiger partial charge on any atom is -0.497 e. The van der Waals surface area contributed by atoms with Crippen LogP contribution in [0.2, 0.25) is 0 Å². The lowest BCUT2D eigenvalue weighted by atomic mass is 10.0. The molecule has 1 atom stereocenters. The third kappa shape index (κ3) is 4.06. The number of carbonyl (C=O) groups is 2. The third-order valence-electron chi connectivity index (χ3n) is 5.44. The summed E-state index contributed by atoms with van der Waals surface area (Å²) in [7, 11) is 1.61. The average Bonchev–Trinajstić information content (AvgIpc) is 3.10. The summed E-state index contributed by atoms with van der Waals surface area (Å²) in [6.07, 6.45) is 0.167. The van der Waals surface area contributed by atoms with E-state index in [1.807, 2.05) is 79.7 Å². The normalized spacial score (nSPS) is 13.7. The molecule has 0 radical (unpaired) electrons. The van der Waals surface area contributed by atoms with E-state index in [0.717, 1.165) is 28.1 Å². The van der Waals surface area contributed by atoms with E-state index in [-0.39, 0.29) is 24.3 Å². The number of hydrogen-bond acceptors (Lipinski definition) is 3. The fourth-order valence-corrected chi connectivity index (χ4v) is 3.79. The van der Waals surface area contributed by atoms with Crippen LogP contribution in [0.15, 0.2) is 72.8 Å². The molecule has 30 heavy (non-hydrogen) atoms. The fraction of sp³-hybridized carbons (Fsp3) is 0.200. The van der Waals surface area contributed by atoms with Crippen molar-refractivity contribution in [1.82, 2.24) is 4.90 Å². The molecule has 1 heterocycles. The summed E-state index contributed by atoms with van der Waals surface area (Å²) in [6, 6.07) is 22.4. The summed E-state index contributed by atoms with van der Waals surface area (Å²) >= 11 is 0. The number of carbonyl (C=O) groups excluding carboxylic acids is 2. The molecule has 0 saturated heterocycles. The Labute approximate surface area is 176 Å². The van der Waals surface area contributed by atoms with E-state index < -0.39 is 0 Å². The lowest BCUT2D eigenvalue weighted by Gasteiger charge is -2.28. The van der Waals surface area contributed by atoms with Gasteiger partial charge < -0.3 is 15.0 Å². The van der Waals surface area contributed by atoms with Crippen LogP contribution >= 0.6 is 0 Å². The van der Waals surface area contributed by atoms with Crippen LogP contribution in [0.5, 0.6) is 5.75 Å². The van der Waals surface area contributed by atoms with Crippen LogP contribution in [0.4, 0.5) is 5.69 Å². The summed E-state index contributed by atoms with van der Waals surface area (Å²) in [5.74, 6) is 0.552. The predicted molar refractivity (Wildman–Crippen MR) is 116 cm³/mol. The molecule has 2 amide bonds. The molecule has 1 aliphatic heterocycles. The molecule has 0 aromatic heterocycles. The van der Waals surface area contributed by atoms with Crippen molar-refractivity contribution in [1.29, 1.82) is 0 Å². The SMILES string of the molecule is COc1ccc([C@@H](CC(=O)Nc2ccc(C)cc2)N2Cc3ccccc3C2=O)cc1. The van der Waals surface area contributed by atoms with E-state index in [9.17, 15) is 9.59 Å². The largest absolute Gasteiger partial charge is 0.497 e. The van der Waals surface area contributed by atoms with Crippen molar-refractivity contribution in [3.8, 4) is 5.75 Å². The minimum atomic E-state index is -0.374. The number of methoxy groups -OCH3 is 1. The molecule has 0 unspecified atom stereocenters. The van der Waals surface area contributed by atoms with Gasteiger partial charge in [-0.3, -0.25) is 9.59 Å². The Morgan fingerprint density at radius 1 is 1.03 bits per heavy atom. The standard InChI is InChI=1S/C25H24N2O3/c1-17-7-11-20(12-8-17)26-24(28)15-23(18-9-13-21(30-2)14-10-18)27-16-19-5-3-4-6-22(19)25(27)29/h3-14,23H,15-16H2,1-2H3,(H,26,28)/t23-/m1/s1. The van der Waals surface area contributed by atoms with Gasteiger partial charge in [0.1, 0.15) is 5.75 Å². The Bertz CT molecular complexity index is 1060. The van der Waals surface area contributed by atoms with E-state index in [1.54, 1.807) is 12.0 Å². The number of benzene rings is 3. The molecule has 0 saturated carbocycles. The Kier molecular flexibility index (Phi) is 5.53. The molecule has 5 nitrogen and oxygen atoms in total. The molecule has 0 spiro atoms. The zero-order valence-electron chi connectivity index (χ0n) is 17.1. The Hall–Kier alpha value is -3.60. The first kappa shape index (κ1) is 19.7. The highest BCUT2D eigenvalue weighted by Gasteiger charge is 2.34. The molecule has 152 valence electrons. The smallest absolute Gasteiger partial charge is 0.255 e. The lowest BCUT2D eigenvalue weighted by Crippen LogP contribution is -2.32. The van der Waals surface area contributed by atoms with Crippen molar-refractivity contribution < 1.29 is 14.3 Å². The number of nitrogens with one attached hydrogen (secondary N) is 1. The number of hydrogen-bond donors (Lipinski definition) is 1. The number of aryl methyl sites for hydroxylation is 1. The maximum atomic E-state index is 13.1. The Morgan fingerprint density at radius 2 is 1.73 bits per heavy atom. The van der Waals surface area contributed by atoms with Gasteiger partial charge in [-0.15, -0.1) is 0 Å². The van der Waals surface area contributed by atoms with Crippen LogP contribution in [0.1, 0.15) is 39.5 Å². The number of ether oxygens (including phenoxy) is 1. The first-order valence-electron chi connectivity index (χ1n) is 9.94. The summed E-state index contributed by atoms with van der Waals surface area (Å²) in [5.41, 5.74) is 4.46. The Morgan fingerprint density at radius 3 is 2.40 bits per heavy atom. The van der Waals surface area contributed by atoms with E-state index in [4.69, 9.17) is 4.74 Å². The fourth-order valence-electron chi connectivity index (χ4n) is 3.79. The van der Waals surface area contributed by atoms with Crippen LogP contribution in [-0.2, 0) is 11.3 Å². The van der Waals surface area contributed by atoms with Gasteiger partial charge in [0.2, 0.25) is 5.91 Å². The molecule has 0 bridgehead atoms. The van der Waals surface area contributed by atoms with Crippen LogP contribution in [0.25, 0.3) is 0 Å². The molecule has 0 aliphatic carbocycles. The maximum absolute atomic E-state index is 13.1. The second-order valence-electron chi connectivity index (χ2n) is 7.50. The number of fused-ring (bicyclic) bond motifs is 1. The molecular weight excluding hydrogens is 376 g/mol. The predicted octanol–water partition coefficient (Wildman–Crippen LogP) is 4.73. The zero-order valence-corrected chi connectivity index (χ0v) is 17.1. The number of anilines is 1. The van der Waals surface area contributed by atoms with Crippen molar-refractivity contribution in [2.75, 3.05) is 12.4 Å². The van der Waals surface area contributed by atoms with Gasteiger partial charge in [-0.05, 0) is 48.4 Å². The van der Waals surface area contributed by atoms with Gasteiger partial charge >= 0.3 is 0 Å². The topological polar surface area (TPSA) is 58.6 Å². The minimum absolute atomic E-state index is 0.0467. The number of nitrogens with zero attached hydrogens (tertiary/aromatic N) is 1. The van der Waals surface area contributed by atoms with Crippen molar-refractivity contribution >= 4 is 17.5 Å². The van der Waals surface area contributed by atoms with Crippen molar-refractivity contribution in [3.63, 3.8) is 0 Å². The highest BCUT2D eigenvalue weighted by Crippen LogP contribution is 2.34. The summed E-state index contributed by atoms with van der Waals surface area (Å²) in [5, 5.41) is 2.95. The van der Waals surface area contributed by atoms with Gasteiger partial charge in [0, 0.05) is 17.8 Å². The number of amides is 2. The molecule has 4 rings (SSSR count). The molecule has 1 aliphatic rings. The van der Waals surface area contributed by atoms with Crippen LogP contribution in [-0.4, -0.2) is 23.8 Å². The average molecular weight is 400 g/mol. The van der Waals surface area contributed by atoms with Gasteiger partial charge in [0.15, 0.2) is 0 Å². The van der Waals surface area contributed by atoms with Crippen molar-refractivity contribution in [3.05, 3.63) is 95.1 Å². The maximum Gasteiger partial charge on any atom is 0.255 e. The van der Waals surface area contributed by atoms with Crippen LogP contribution in [0.3, 0.4) is 0 Å². The van der Waals surface area contributed by atoms with Gasteiger partial charge in [-0.2, -0.15) is 0 Å². The van der Waals surface area contributed by atoms with Crippen molar-refractivity contribution in [2.45, 2.75) is 25.9 Å². The first-order chi connectivity index (χ1) is 14.5. The second-order valence-corrected chi connectivity index (χ2v) is 7.50. The molecular formula is C25H24N2O3. The van der Waals surface area contributed by atoms with E-state index >= 15 is 0 Å². The molecule has 5 heteroatoms. The lowest BCUT2D eigenvalue weighted by molar-refractivity contribution is -0.117. The van der Waals surface area contributed by atoms with Crippen molar-refractivity contribution in [2.24, 2.45) is 0 Å². The summed E-state index contributed by atoms with van der Waals surface area (Å²) in [4.78, 5) is 27.7. The van der Waals surface area contributed by atoms with E-state index in [0.29, 0.717) is 12.1 Å². The van der Waals surface area contributed by atoms with E-state index in [2.05, 4.69) is 5.32 Å². The highest BCUT2D eigenvalue weighted by atomic mass is 16.5. The quantitative estimate of drug-likeness (QED) is 0.651.